The third kappa shape index (κ3) is 2.38. The molecule has 0 saturated carbocycles. The van der Waals surface area contributed by atoms with E-state index in [-0.39, 0.29) is 11.9 Å². The van der Waals surface area contributed by atoms with Crippen LogP contribution in [-0.4, -0.2) is 43.7 Å². The van der Waals surface area contributed by atoms with Gasteiger partial charge in [0.1, 0.15) is 11.5 Å². The van der Waals surface area contributed by atoms with E-state index < -0.39 is 6.09 Å². The van der Waals surface area contributed by atoms with Gasteiger partial charge in [0.2, 0.25) is 0 Å². The average molecular weight is 278 g/mol. The number of imidazole rings is 1. The molecule has 0 bridgehead atoms. The summed E-state index contributed by atoms with van der Waals surface area (Å²) in [6, 6.07) is 1.47. The highest BCUT2D eigenvalue weighted by atomic mass is 19.1. The molecular weight excluding hydrogens is 263 g/mol. The van der Waals surface area contributed by atoms with E-state index in [4.69, 9.17) is 5.11 Å². The molecule has 1 atom stereocenters. The van der Waals surface area contributed by atoms with Gasteiger partial charge in [0.25, 0.3) is 0 Å². The maximum Gasteiger partial charge on any atom is 0.407 e. The number of aromatic nitrogens is 3. The third-order valence-electron chi connectivity index (χ3n) is 3.61. The number of piperidine rings is 1. The van der Waals surface area contributed by atoms with Crippen LogP contribution in [0.2, 0.25) is 0 Å². The summed E-state index contributed by atoms with van der Waals surface area (Å²) in [7, 11) is 0. The van der Waals surface area contributed by atoms with Gasteiger partial charge >= 0.3 is 6.09 Å². The lowest BCUT2D eigenvalue weighted by Gasteiger charge is -2.31. The smallest absolute Gasteiger partial charge is 0.407 e. The van der Waals surface area contributed by atoms with Crippen LogP contribution in [0.3, 0.4) is 0 Å². The Bertz CT molecular complexity index is 621. The molecule has 7 heteroatoms. The van der Waals surface area contributed by atoms with Gasteiger partial charge in [-0.15, -0.1) is 0 Å². The molecule has 3 heterocycles. The van der Waals surface area contributed by atoms with Crippen molar-refractivity contribution in [1.82, 2.24) is 19.4 Å². The Morgan fingerprint density at radius 3 is 3.10 bits per heavy atom. The van der Waals surface area contributed by atoms with Crippen LogP contribution in [0.5, 0.6) is 0 Å². The molecule has 1 aliphatic heterocycles. The number of carbonyl (C=O) groups is 1. The Morgan fingerprint density at radius 1 is 1.55 bits per heavy atom. The van der Waals surface area contributed by atoms with Crippen LogP contribution in [0.25, 0.3) is 11.4 Å². The molecule has 0 aliphatic carbocycles. The predicted molar refractivity (Wildman–Crippen MR) is 69.8 cm³/mol. The summed E-state index contributed by atoms with van der Waals surface area (Å²) in [4.78, 5) is 19.5. The SMILES string of the molecule is O=C(O)N1CCC[C@H](n2cnc(-c3cc(F)c[nH]3)c2)C1. The summed E-state index contributed by atoms with van der Waals surface area (Å²) in [5.41, 5.74) is 1.27. The van der Waals surface area contributed by atoms with Crippen LogP contribution in [0.1, 0.15) is 18.9 Å². The number of rotatable bonds is 2. The number of H-pyrrole nitrogens is 1. The lowest BCUT2D eigenvalue weighted by molar-refractivity contribution is 0.121. The Labute approximate surface area is 114 Å². The molecule has 6 nitrogen and oxygen atoms in total. The third-order valence-corrected chi connectivity index (χ3v) is 3.61. The molecule has 1 aliphatic rings. The summed E-state index contributed by atoms with van der Waals surface area (Å²) >= 11 is 0. The lowest BCUT2D eigenvalue weighted by atomic mass is 10.1. The lowest BCUT2D eigenvalue weighted by Crippen LogP contribution is -2.39. The monoisotopic (exact) mass is 278 g/mol. The molecule has 20 heavy (non-hydrogen) atoms. The number of nitrogens with zero attached hydrogens (tertiary/aromatic N) is 3. The van der Waals surface area contributed by atoms with Crippen LogP contribution in [-0.2, 0) is 0 Å². The van der Waals surface area contributed by atoms with E-state index in [2.05, 4.69) is 9.97 Å². The Kier molecular flexibility index (Phi) is 3.17. The molecule has 1 saturated heterocycles. The van der Waals surface area contributed by atoms with Crippen molar-refractivity contribution in [3.8, 4) is 11.4 Å². The van der Waals surface area contributed by atoms with Gasteiger partial charge in [-0.25, -0.2) is 14.2 Å². The van der Waals surface area contributed by atoms with E-state index in [9.17, 15) is 9.18 Å². The predicted octanol–water partition coefficient (Wildman–Crippen LogP) is 2.33. The summed E-state index contributed by atoms with van der Waals surface area (Å²) in [6.07, 6.45) is 5.63. The van der Waals surface area contributed by atoms with E-state index in [1.165, 1.54) is 17.2 Å². The minimum absolute atomic E-state index is 0.0842. The normalized spacial score (nSPS) is 19.2. The highest BCUT2D eigenvalue weighted by Crippen LogP contribution is 2.24. The molecule has 0 spiro atoms. The fourth-order valence-electron chi connectivity index (χ4n) is 2.56. The molecule has 0 unspecified atom stereocenters. The maximum atomic E-state index is 13.0. The second kappa shape index (κ2) is 4.99. The largest absolute Gasteiger partial charge is 0.465 e. The molecule has 2 N–H and O–H groups in total. The molecule has 3 rings (SSSR count). The van der Waals surface area contributed by atoms with E-state index in [0.29, 0.717) is 24.5 Å². The highest BCUT2D eigenvalue weighted by molar-refractivity contribution is 5.65. The second-order valence-corrected chi connectivity index (χ2v) is 4.96. The molecule has 0 aromatic carbocycles. The molecule has 2 aromatic heterocycles. The van der Waals surface area contributed by atoms with E-state index in [1.807, 2.05) is 10.8 Å². The van der Waals surface area contributed by atoms with Crippen LogP contribution in [0.15, 0.2) is 24.8 Å². The van der Waals surface area contributed by atoms with Crippen LogP contribution < -0.4 is 0 Å². The molecule has 106 valence electrons. The van der Waals surface area contributed by atoms with Gasteiger partial charge < -0.3 is 19.6 Å². The molecule has 1 amide bonds. The maximum absolute atomic E-state index is 13.0. The topological polar surface area (TPSA) is 74.2 Å². The van der Waals surface area contributed by atoms with Gasteiger partial charge in [-0.3, -0.25) is 0 Å². The number of nitrogens with one attached hydrogen (secondary N) is 1. The van der Waals surface area contributed by atoms with Gasteiger partial charge in [0.15, 0.2) is 0 Å². The Balaban J connectivity index is 1.78. The Morgan fingerprint density at radius 2 is 2.40 bits per heavy atom. The number of hydrogen-bond acceptors (Lipinski definition) is 2. The first-order valence-corrected chi connectivity index (χ1v) is 6.49. The minimum atomic E-state index is -0.888. The summed E-state index contributed by atoms with van der Waals surface area (Å²) in [5, 5.41) is 9.04. The number of halogens is 1. The second-order valence-electron chi connectivity index (χ2n) is 4.96. The van der Waals surface area contributed by atoms with Crippen molar-refractivity contribution < 1.29 is 14.3 Å². The van der Waals surface area contributed by atoms with Gasteiger partial charge in [0.05, 0.1) is 18.1 Å². The summed E-state index contributed by atoms with van der Waals surface area (Å²) in [6.45, 7) is 1.04. The summed E-state index contributed by atoms with van der Waals surface area (Å²) < 4.78 is 14.9. The Hall–Kier alpha value is -2.31. The van der Waals surface area contributed by atoms with E-state index in [0.717, 1.165) is 12.8 Å². The zero-order valence-electron chi connectivity index (χ0n) is 10.8. The van der Waals surface area contributed by atoms with Gasteiger partial charge in [-0.05, 0) is 12.8 Å². The van der Waals surface area contributed by atoms with Crippen molar-refractivity contribution in [2.75, 3.05) is 13.1 Å². The first kappa shape index (κ1) is 12.7. The zero-order valence-corrected chi connectivity index (χ0v) is 10.8. The van der Waals surface area contributed by atoms with Gasteiger partial charge in [-0.2, -0.15) is 0 Å². The van der Waals surface area contributed by atoms with Crippen molar-refractivity contribution in [2.45, 2.75) is 18.9 Å². The molecular formula is C13H15FN4O2. The van der Waals surface area contributed by atoms with Crippen LogP contribution in [0.4, 0.5) is 9.18 Å². The number of carboxylic acid groups (broad SMARTS) is 1. The first-order valence-electron chi connectivity index (χ1n) is 6.49. The van der Waals surface area contributed by atoms with E-state index in [1.54, 1.807) is 6.33 Å². The molecule has 0 radical (unpaired) electrons. The number of aromatic amines is 1. The quantitative estimate of drug-likeness (QED) is 0.885. The van der Waals surface area contributed by atoms with Crippen LogP contribution in [0, 0.1) is 5.82 Å². The fourth-order valence-corrected chi connectivity index (χ4v) is 2.56. The van der Waals surface area contributed by atoms with Crippen molar-refractivity contribution in [1.29, 1.82) is 0 Å². The number of amides is 1. The van der Waals surface area contributed by atoms with Gasteiger partial charge in [-0.1, -0.05) is 0 Å². The number of likely N-dealkylation sites (tertiary alicyclic amines) is 1. The highest BCUT2D eigenvalue weighted by Gasteiger charge is 2.24. The molecule has 1 fully saturated rings. The average Bonchev–Trinajstić information content (AvgIpc) is 3.07. The number of hydrogen-bond donors (Lipinski definition) is 2. The van der Waals surface area contributed by atoms with Crippen molar-refractivity contribution in [3.05, 3.63) is 30.6 Å². The molecule has 2 aromatic rings. The van der Waals surface area contributed by atoms with Crippen molar-refractivity contribution >= 4 is 6.09 Å². The standard InChI is InChI=1S/C13H15FN4O2/c14-9-4-11(15-5-9)12-7-18(8-16-12)10-2-1-3-17(6-10)13(19)20/h4-5,7-8,10,15H,1-3,6H2,(H,19,20)/t10-/m0/s1. The first-order chi connectivity index (χ1) is 9.63. The van der Waals surface area contributed by atoms with Gasteiger partial charge in [0, 0.05) is 31.5 Å². The fraction of sp³-hybridized carbons (Fsp3) is 0.385. The minimum Gasteiger partial charge on any atom is -0.465 e. The van der Waals surface area contributed by atoms with E-state index >= 15 is 0 Å². The van der Waals surface area contributed by atoms with Crippen molar-refractivity contribution in [3.63, 3.8) is 0 Å². The zero-order chi connectivity index (χ0) is 14.1. The van der Waals surface area contributed by atoms with Crippen LogP contribution >= 0.6 is 0 Å². The summed E-state index contributed by atoms with van der Waals surface area (Å²) in [5.74, 6) is -0.329. The van der Waals surface area contributed by atoms with Crippen molar-refractivity contribution in [2.24, 2.45) is 0 Å².